The molecule has 1 heterocycles. The van der Waals surface area contributed by atoms with Crippen LogP contribution in [0.1, 0.15) is 64.0 Å². The first-order valence-corrected chi connectivity index (χ1v) is 9.92. The molecule has 25 heavy (non-hydrogen) atoms. The molecule has 1 aliphatic carbocycles. The Kier molecular flexibility index (Phi) is 6.13. The lowest BCUT2D eigenvalue weighted by molar-refractivity contribution is -0.126. The van der Waals surface area contributed by atoms with Gasteiger partial charge < -0.3 is 16.0 Å². The molecule has 1 aliphatic heterocycles. The van der Waals surface area contributed by atoms with Crippen LogP contribution in [0.5, 0.6) is 0 Å². The number of hydrogen-bond acceptors (Lipinski definition) is 3. The van der Waals surface area contributed by atoms with Gasteiger partial charge in [0.1, 0.15) is 0 Å². The molecular formula is C21H33N3O. The minimum Gasteiger partial charge on any atom is -0.354 e. The largest absolute Gasteiger partial charge is 0.354 e. The van der Waals surface area contributed by atoms with E-state index in [0.717, 1.165) is 38.8 Å². The summed E-state index contributed by atoms with van der Waals surface area (Å²) in [7, 11) is 0. The van der Waals surface area contributed by atoms with Crippen molar-refractivity contribution in [3.8, 4) is 0 Å². The Bertz CT molecular complexity index is 554. The summed E-state index contributed by atoms with van der Waals surface area (Å²) in [6, 6.07) is 11.3. The zero-order valence-corrected chi connectivity index (χ0v) is 15.7. The molecule has 3 atom stereocenters. The molecule has 138 valence electrons. The van der Waals surface area contributed by atoms with Crippen LogP contribution in [-0.4, -0.2) is 30.6 Å². The van der Waals surface area contributed by atoms with Crippen LogP contribution in [0.25, 0.3) is 0 Å². The van der Waals surface area contributed by atoms with Crippen molar-refractivity contribution in [1.29, 1.82) is 0 Å². The maximum Gasteiger partial charge on any atom is 0.223 e. The van der Waals surface area contributed by atoms with E-state index in [9.17, 15) is 4.79 Å². The Hall–Kier alpha value is -1.39. The molecule has 2 aliphatic rings. The van der Waals surface area contributed by atoms with Gasteiger partial charge in [-0.05, 0) is 51.6 Å². The molecule has 1 saturated carbocycles. The number of rotatable bonds is 6. The maximum absolute atomic E-state index is 12.6. The van der Waals surface area contributed by atoms with E-state index in [1.54, 1.807) is 0 Å². The van der Waals surface area contributed by atoms with Crippen LogP contribution in [0.2, 0.25) is 0 Å². The van der Waals surface area contributed by atoms with E-state index in [1.165, 1.54) is 18.4 Å². The topological polar surface area (TPSA) is 53.2 Å². The number of hydrogen-bond donors (Lipinski definition) is 3. The summed E-state index contributed by atoms with van der Waals surface area (Å²) < 4.78 is 0. The summed E-state index contributed by atoms with van der Waals surface area (Å²) >= 11 is 0. The Morgan fingerprint density at radius 2 is 2.00 bits per heavy atom. The third kappa shape index (κ3) is 4.83. The van der Waals surface area contributed by atoms with Crippen LogP contribution in [0.3, 0.4) is 0 Å². The fourth-order valence-corrected chi connectivity index (χ4v) is 4.48. The summed E-state index contributed by atoms with van der Waals surface area (Å²) in [6.07, 6.45) is 6.69. The Morgan fingerprint density at radius 1 is 1.28 bits per heavy atom. The first-order chi connectivity index (χ1) is 12.1. The van der Waals surface area contributed by atoms with Gasteiger partial charge in [0.25, 0.3) is 0 Å². The van der Waals surface area contributed by atoms with Gasteiger partial charge in [-0.25, -0.2) is 0 Å². The van der Waals surface area contributed by atoms with Gasteiger partial charge in [0.05, 0.1) is 0 Å². The van der Waals surface area contributed by atoms with Gasteiger partial charge in [0.2, 0.25) is 5.91 Å². The van der Waals surface area contributed by atoms with Crippen LogP contribution >= 0.6 is 0 Å². The lowest BCUT2D eigenvalue weighted by Crippen LogP contribution is -2.54. The van der Waals surface area contributed by atoms with Crippen molar-refractivity contribution in [2.45, 2.75) is 70.0 Å². The normalized spacial score (nSPS) is 27.0. The summed E-state index contributed by atoms with van der Waals surface area (Å²) in [4.78, 5) is 12.6. The number of carbonyl (C=O) groups excluding carboxylic acids is 1. The average Bonchev–Trinajstić information content (AvgIpc) is 3.09. The van der Waals surface area contributed by atoms with Crippen molar-refractivity contribution in [2.75, 3.05) is 13.1 Å². The fourth-order valence-electron chi connectivity index (χ4n) is 4.48. The van der Waals surface area contributed by atoms with E-state index in [1.807, 2.05) is 0 Å². The molecule has 3 N–H and O–H groups in total. The van der Waals surface area contributed by atoms with E-state index in [-0.39, 0.29) is 17.4 Å². The lowest BCUT2D eigenvalue weighted by Gasteiger charge is -2.35. The monoisotopic (exact) mass is 343 g/mol. The minimum atomic E-state index is 0.0451. The first-order valence-electron chi connectivity index (χ1n) is 9.92. The number of piperidine rings is 1. The average molecular weight is 344 g/mol. The summed E-state index contributed by atoms with van der Waals surface area (Å²) in [6.45, 7) is 6.10. The molecule has 2 fully saturated rings. The molecule has 1 unspecified atom stereocenters. The zero-order valence-electron chi connectivity index (χ0n) is 15.7. The number of carbonyl (C=O) groups is 1. The van der Waals surface area contributed by atoms with Crippen LogP contribution in [0, 0.1) is 5.92 Å². The van der Waals surface area contributed by atoms with Gasteiger partial charge in [0, 0.05) is 30.1 Å². The molecule has 0 radical (unpaired) electrons. The quantitative estimate of drug-likeness (QED) is 0.744. The second-order valence-electron chi connectivity index (χ2n) is 8.06. The van der Waals surface area contributed by atoms with Crippen molar-refractivity contribution in [1.82, 2.24) is 16.0 Å². The standard InChI is InChI=1S/C21H33N3O/c1-16-14-19(10-13-22-16)20(25)23-15-21(11-6-7-12-21)24-17(2)18-8-4-3-5-9-18/h3-5,8-9,16-17,19,22,24H,6-7,10-15H2,1-2H3,(H,23,25)/t16-,17?,19-/m0/s1. The van der Waals surface area contributed by atoms with E-state index < -0.39 is 0 Å². The maximum atomic E-state index is 12.6. The molecule has 4 nitrogen and oxygen atoms in total. The zero-order chi connectivity index (χ0) is 17.7. The molecule has 1 saturated heterocycles. The van der Waals surface area contributed by atoms with Crippen molar-refractivity contribution >= 4 is 5.91 Å². The third-order valence-corrected chi connectivity index (χ3v) is 5.98. The number of benzene rings is 1. The molecule has 1 amide bonds. The predicted molar refractivity (Wildman–Crippen MR) is 102 cm³/mol. The summed E-state index contributed by atoms with van der Waals surface area (Å²) in [5, 5.41) is 10.6. The Labute approximate surface area is 152 Å². The number of amides is 1. The van der Waals surface area contributed by atoms with Gasteiger partial charge >= 0.3 is 0 Å². The highest BCUT2D eigenvalue weighted by Gasteiger charge is 2.36. The molecule has 3 rings (SSSR count). The minimum absolute atomic E-state index is 0.0451. The van der Waals surface area contributed by atoms with Gasteiger partial charge in [-0.1, -0.05) is 43.2 Å². The smallest absolute Gasteiger partial charge is 0.223 e. The molecule has 0 bridgehead atoms. The van der Waals surface area contributed by atoms with Gasteiger partial charge in [0.15, 0.2) is 0 Å². The predicted octanol–water partition coefficient (Wildman–Crippen LogP) is 3.15. The van der Waals surface area contributed by atoms with E-state index in [2.05, 4.69) is 60.1 Å². The van der Waals surface area contributed by atoms with Crippen molar-refractivity contribution in [3.63, 3.8) is 0 Å². The fraction of sp³-hybridized carbons (Fsp3) is 0.667. The van der Waals surface area contributed by atoms with Crippen molar-refractivity contribution < 1.29 is 4.79 Å². The van der Waals surface area contributed by atoms with Crippen molar-refractivity contribution in [2.24, 2.45) is 5.92 Å². The molecule has 1 aromatic rings. The van der Waals surface area contributed by atoms with E-state index >= 15 is 0 Å². The summed E-state index contributed by atoms with van der Waals surface area (Å²) in [5.74, 6) is 0.412. The van der Waals surface area contributed by atoms with Crippen LogP contribution in [0.4, 0.5) is 0 Å². The van der Waals surface area contributed by atoms with Gasteiger partial charge in [-0.15, -0.1) is 0 Å². The highest BCUT2D eigenvalue weighted by Crippen LogP contribution is 2.32. The highest BCUT2D eigenvalue weighted by molar-refractivity contribution is 5.78. The van der Waals surface area contributed by atoms with E-state index in [0.29, 0.717) is 12.1 Å². The van der Waals surface area contributed by atoms with Gasteiger partial charge in [-0.2, -0.15) is 0 Å². The molecular weight excluding hydrogens is 310 g/mol. The van der Waals surface area contributed by atoms with Crippen LogP contribution < -0.4 is 16.0 Å². The summed E-state index contributed by atoms with van der Waals surface area (Å²) in [5.41, 5.74) is 1.36. The molecule has 0 aromatic heterocycles. The second-order valence-corrected chi connectivity index (χ2v) is 8.06. The van der Waals surface area contributed by atoms with Gasteiger partial charge in [-0.3, -0.25) is 4.79 Å². The van der Waals surface area contributed by atoms with E-state index in [4.69, 9.17) is 0 Å². The third-order valence-electron chi connectivity index (χ3n) is 5.98. The Balaban J connectivity index is 1.58. The highest BCUT2D eigenvalue weighted by atomic mass is 16.1. The molecule has 0 spiro atoms. The van der Waals surface area contributed by atoms with Crippen LogP contribution in [0.15, 0.2) is 30.3 Å². The lowest BCUT2D eigenvalue weighted by atomic mass is 9.91. The second kappa shape index (κ2) is 8.33. The van der Waals surface area contributed by atoms with Crippen LogP contribution in [-0.2, 0) is 4.79 Å². The Morgan fingerprint density at radius 3 is 2.68 bits per heavy atom. The first kappa shape index (κ1) is 18.4. The SMILES string of the molecule is CC(NC1(CNC(=O)[C@H]2CCN[C@@H](C)C2)CCCC1)c1ccccc1. The molecule has 1 aromatic carbocycles. The number of nitrogens with one attached hydrogen (secondary N) is 3. The molecule has 4 heteroatoms. The van der Waals surface area contributed by atoms with Crippen molar-refractivity contribution in [3.05, 3.63) is 35.9 Å².